The Morgan fingerprint density at radius 3 is 0.980 bits per heavy atom. The van der Waals surface area contributed by atoms with Crippen LogP contribution in [0, 0.1) is 0 Å². The molecule has 0 aliphatic carbocycles. The van der Waals surface area contributed by atoms with Crippen LogP contribution >= 0.6 is 0 Å². The van der Waals surface area contributed by atoms with Crippen LogP contribution in [0.4, 0.5) is 0 Å². The summed E-state index contributed by atoms with van der Waals surface area (Å²) >= 11 is 0. The summed E-state index contributed by atoms with van der Waals surface area (Å²) in [4.78, 5) is 13.5. The van der Waals surface area contributed by atoms with Crippen molar-refractivity contribution in [2.24, 2.45) is 0 Å². The van der Waals surface area contributed by atoms with Crippen LogP contribution in [0.25, 0.3) is 0 Å². The Balaban J connectivity index is 1.37. The summed E-state index contributed by atoms with van der Waals surface area (Å²) in [5.74, 6) is -0.268. The largest absolute Gasteiger partial charge is 0.394 e. The normalized spacial score (nSPS) is 26.7. The Bertz CT molecular complexity index is 1880. The number of aliphatic hydroxyl groups is 11. The van der Waals surface area contributed by atoms with Gasteiger partial charge in [-0.05, 0) is 44.9 Å². The molecule has 17 unspecified atom stereocenters. The standard InChI is InChI=1S/C80H151NO18/c1-3-5-7-9-11-13-15-17-19-21-23-25-27-29-31-33-35-37-39-41-43-45-47-49-51-53-55-57-64(85)63(81-68(86)58-56-54-52-50-48-46-44-42-40-38-36-34-32-30-28-26-24-22-20-18-16-14-12-10-8-6-4-2)62-94-78-74(92)71(89)76(66(60-83)96-78)99-80-75(93)72(90)77(67(61-84)97-80)98-79-73(91)70(88)69(87)65(59-82)95-79/h22,24,55,57,63-67,69-80,82-85,87-93H,3-21,23,25-54,56,58-62H2,1-2H3,(H,81,86)/b24-22-,57-55+. The molecule has 3 saturated heterocycles. The Labute approximate surface area is 600 Å². The van der Waals surface area contributed by atoms with Crippen LogP contribution in [-0.4, -0.2) is 193 Å². The summed E-state index contributed by atoms with van der Waals surface area (Å²) in [6.45, 7) is 1.80. The van der Waals surface area contributed by atoms with Gasteiger partial charge in [0, 0.05) is 6.42 Å². The van der Waals surface area contributed by atoms with Gasteiger partial charge in [0.2, 0.25) is 5.91 Å². The van der Waals surface area contributed by atoms with E-state index in [1.807, 2.05) is 6.08 Å². The third kappa shape index (κ3) is 41.7. The number of hydrogen-bond donors (Lipinski definition) is 12. The molecule has 0 aromatic carbocycles. The molecule has 3 aliphatic heterocycles. The zero-order valence-electron chi connectivity index (χ0n) is 62.5. The van der Waals surface area contributed by atoms with Crippen LogP contribution in [0.3, 0.4) is 0 Å². The van der Waals surface area contributed by atoms with Gasteiger partial charge in [-0.15, -0.1) is 0 Å². The molecule has 3 aliphatic rings. The number of carbonyl (C=O) groups is 1. The topological polar surface area (TPSA) is 307 Å². The van der Waals surface area contributed by atoms with E-state index in [4.69, 9.17) is 28.4 Å². The summed E-state index contributed by atoms with van der Waals surface area (Å²) in [6.07, 6.45) is 47.4. The lowest BCUT2D eigenvalue weighted by Crippen LogP contribution is -2.66. The van der Waals surface area contributed by atoms with E-state index in [-0.39, 0.29) is 18.9 Å². The van der Waals surface area contributed by atoms with Crippen LogP contribution in [0.5, 0.6) is 0 Å². The molecular weight excluding hydrogens is 1260 g/mol. The van der Waals surface area contributed by atoms with Gasteiger partial charge in [0.1, 0.15) is 73.2 Å². The number of aliphatic hydroxyl groups excluding tert-OH is 11. The lowest BCUT2D eigenvalue weighted by molar-refractivity contribution is -0.379. The van der Waals surface area contributed by atoms with Crippen molar-refractivity contribution in [3.8, 4) is 0 Å². The molecule has 0 aromatic heterocycles. The fourth-order valence-electron chi connectivity index (χ4n) is 14.1. The molecule has 0 saturated carbocycles. The predicted molar refractivity (Wildman–Crippen MR) is 393 cm³/mol. The van der Waals surface area contributed by atoms with Crippen LogP contribution < -0.4 is 5.32 Å². The van der Waals surface area contributed by atoms with Gasteiger partial charge in [-0.2, -0.15) is 0 Å². The third-order valence-electron chi connectivity index (χ3n) is 20.7. The summed E-state index contributed by atoms with van der Waals surface area (Å²) < 4.78 is 34.5. The average molecular weight is 1420 g/mol. The fraction of sp³-hybridized carbons (Fsp3) is 0.938. The maximum absolute atomic E-state index is 13.5. The molecule has 17 atom stereocenters. The maximum atomic E-state index is 13.5. The second-order valence-corrected chi connectivity index (χ2v) is 29.6. The highest BCUT2D eigenvalue weighted by Crippen LogP contribution is 2.33. The Morgan fingerprint density at radius 2 is 0.636 bits per heavy atom. The smallest absolute Gasteiger partial charge is 0.220 e. The molecule has 1 amide bonds. The van der Waals surface area contributed by atoms with Gasteiger partial charge in [0.25, 0.3) is 0 Å². The minimum Gasteiger partial charge on any atom is -0.394 e. The van der Waals surface area contributed by atoms with Crippen LogP contribution in [0.15, 0.2) is 24.3 Å². The molecule has 3 rings (SSSR count). The van der Waals surface area contributed by atoms with Gasteiger partial charge in [0.05, 0.1) is 38.6 Å². The van der Waals surface area contributed by atoms with Gasteiger partial charge in [-0.3, -0.25) is 4.79 Å². The summed E-state index contributed by atoms with van der Waals surface area (Å²) in [5.41, 5.74) is 0. The molecule has 0 aromatic rings. The maximum Gasteiger partial charge on any atom is 0.220 e. The minimum atomic E-state index is -1.98. The molecule has 19 nitrogen and oxygen atoms in total. The van der Waals surface area contributed by atoms with Gasteiger partial charge in [-0.25, -0.2) is 0 Å². The van der Waals surface area contributed by atoms with Crippen molar-refractivity contribution in [3.63, 3.8) is 0 Å². The SMILES string of the molecule is CCCCCCCCCC/C=C\CCCCCCCCCCCCCCCCCC(=O)NC(COC1OC(CO)C(OC2OC(CO)C(OC3OC(CO)C(O)C(O)C3O)C(O)C2O)C(O)C1O)C(O)/C=C/CCCCCCCCCCCCCCCCCCCCCCCCCCC. The average Bonchev–Trinajstić information content (AvgIpc) is 0.784. The van der Waals surface area contributed by atoms with Crippen LogP contribution in [0.1, 0.15) is 348 Å². The first kappa shape index (κ1) is 91.5. The molecule has 12 N–H and O–H groups in total. The van der Waals surface area contributed by atoms with Crippen LogP contribution in [-0.2, 0) is 33.2 Å². The van der Waals surface area contributed by atoms with E-state index < -0.39 is 124 Å². The van der Waals surface area contributed by atoms with E-state index in [9.17, 15) is 61.0 Å². The van der Waals surface area contributed by atoms with Gasteiger partial charge in [0.15, 0.2) is 18.9 Å². The Morgan fingerprint density at radius 1 is 0.354 bits per heavy atom. The number of unbranched alkanes of at least 4 members (excludes halogenated alkanes) is 48. The van der Waals surface area contributed by atoms with Crippen molar-refractivity contribution in [1.82, 2.24) is 5.32 Å². The molecule has 99 heavy (non-hydrogen) atoms. The third-order valence-corrected chi connectivity index (χ3v) is 20.7. The lowest BCUT2D eigenvalue weighted by Gasteiger charge is -2.48. The van der Waals surface area contributed by atoms with Crippen molar-refractivity contribution >= 4 is 5.91 Å². The van der Waals surface area contributed by atoms with Crippen molar-refractivity contribution in [2.75, 3.05) is 26.4 Å². The highest BCUT2D eigenvalue weighted by molar-refractivity contribution is 5.76. The number of rotatable bonds is 66. The van der Waals surface area contributed by atoms with E-state index >= 15 is 0 Å². The van der Waals surface area contributed by atoms with Gasteiger partial charge >= 0.3 is 0 Å². The quantitative estimate of drug-likeness (QED) is 0.0199. The van der Waals surface area contributed by atoms with E-state index in [0.29, 0.717) is 6.42 Å². The lowest BCUT2D eigenvalue weighted by atomic mass is 9.96. The predicted octanol–water partition coefficient (Wildman–Crippen LogP) is 13.7. The van der Waals surface area contributed by atoms with E-state index in [1.54, 1.807) is 6.08 Å². The highest BCUT2D eigenvalue weighted by Gasteiger charge is 2.54. The molecule has 0 radical (unpaired) electrons. The highest BCUT2D eigenvalue weighted by atomic mass is 16.8. The number of nitrogens with one attached hydrogen (secondary N) is 1. The Hall–Kier alpha value is -1.73. The summed E-state index contributed by atoms with van der Waals surface area (Å²) in [6, 6.07) is -0.972. The van der Waals surface area contributed by atoms with E-state index in [1.165, 1.54) is 276 Å². The Kier molecular flexibility index (Phi) is 56.8. The summed E-state index contributed by atoms with van der Waals surface area (Å²) in [5, 5.41) is 121. The first-order valence-electron chi connectivity index (χ1n) is 41.1. The first-order chi connectivity index (χ1) is 48.3. The number of carbonyl (C=O) groups excluding carboxylic acids is 1. The second kappa shape index (κ2) is 61.4. The number of allylic oxidation sites excluding steroid dienone is 3. The number of hydrogen-bond acceptors (Lipinski definition) is 18. The molecule has 0 bridgehead atoms. The second-order valence-electron chi connectivity index (χ2n) is 29.6. The zero-order valence-corrected chi connectivity index (χ0v) is 62.5. The monoisotopic (exact) mass is 1410 g/mol. The number of ether oxygens (including phenoxy) is 6. The van der Waals surface area contributed by atoms with Gasteiger partial charge in [-0.1, -0.05) is 321 Å². The minimum absolute atomic E-state index is 0.247. The molecule has 584 valence electrons. The van der Waals surface area contributed by atoms with E-state index in [2.05, 4.69) is 31.3 Å². The molecular formula is C80H151NO18. The molecule has 19 heteroatoms. The molecule has 3 fully saturated rings. The molecule has 0 spiro atoms. The van der Waals surface area contributed by atoms with Crippen molar-refractivity contribution in [1.29, 1.82) is 0 Å². The van der Waals surface area contributed by atoms with E-state index in [0.717, 1.165) is 44.9 Å². The number of amides is 1. The van der Waals surface area contributed by atoms with Crippen molar-refractivity contribution < 1.29 is 89.4 Å². The summed E-state index contributed by atoms with van der Waals surface area (Å²) in [7, 11) is 0. The fourth-order valence-corrected chi connectivity index (χ4v) is 14.1. The van der Waals surface area contributed by atoms with Crippen LogP contribution in [0.2, 0.25) is 0 Å². The van der Waals surface area contributed by atoms with Gasteiger partial charge < -0.3 is 89.9 Å². The van der Waals surface area contributed by atoms with Crippen molar-refractivity contribution in [3.05, 3.63) is 24.3 Å². The first-order valence-corrected chi connectivity index (χ1v) is 41.1. The molecule has 3 heterocycles. The zero-order chi connectivity index (χ0) is 71.8. The van der Waals surface area contributed by atoms with Crippen molar-refractivity contribution in [2.45, 2.75) is 452 Å².